The number of carbonyl (C=O) groups is 1. The first kappa shape index (κ1) is 15.0. The molecule has 0 unspecified atom stereocenters. The van der Waals surface area contributed by atoms with E-state index in [1.165, 1.54) is 11.1 Å². The lowest BCUT2D eigenvalue weighted by Crippen LogP contribution is -2.40. The van der Waals surface area contributed by atoms with Crippen LogP contribution in [0.3, 0.4) is 0 Å². The van der Waals surface area contributed by atoms with Gasteiger partial charge in [-0.15, -0.1) is 0 Å². The summed E-state index contributed by atoms with van der Waals surface area (Å²) in [4.78, 5) is 14.5. The van der Waals surface area contributed by atoms with Crippen molar-refractivity contribution in [3.8, 4) is 0 Å². The maximum atomic E-state index is 12.3. The summed E-state index contributed by atoms with van der Waals surface area (Å²) in [5.74, 6) is -0.0814. The van der Waals surface area contributed by atoms with Crippen molar-refractivity contribution in [3.05, 3.63) is 35.4 Å². The van der Waals surface area contributed by atoms with Crippen molar-refractivity contribution in [2.45, 2.75) is 58.7 Å². The van der Waals surface area contributed by atoms with E-state index in [1.54, 1.807) is 0 Å². The monoisotopic (exact) mass is 275 g/mol. The van der Waals surface area contributed by atoms with Gasteiger partial charge in [0.25, 0.3) is 0 Å². The van der Waals surface area contributed by atoms with E-state index >= 15 is 0 Å². The normalized spacial score (nSPS) is 20.1. The zero-order valence-electron chi connectivity index (χ0n) is 13.0. The molecule has 2 rings (SSSR count). The molecule has 0 bridgehead atoms. The topological polar surface area (TPSA) is 29.5 Å². The van der Waals surface area contributed by atoms with Crippen molar-refractivity contribution >= 4 is 5.97 Å². The molecule has 0 aromatic heterocycles. The van der Waals surface area contributed by atoms with E-state index in [1.807, 2.05) is 20.8 Å². The molecular formula is C17H25NO2. The maximum absolute atomic E-state index is 12.3. The van der Waals surface area contributed by atoms with Crippen LogP contribution in [0.5, 0.6) is 0 Å². The fourth-order valence-corrected chi connectivity index (χ4v) is 2.58. The fraction of sp³-hybridized carbons (Fsp3) is 0.588. The second kappa shape index (κ2) is 5.96. The molecule has 1 atom stereocenters. The molecule has 3 nitrogen and oxygen atoms in total. The Morgan fingerprint density at radius 1 is 1.30 bits per heavy atom. The lowest BCUT2D eigenvalue weighted by atomic mass is 10.1. The van der Waals surface area contributed by atoms with Crippen molar-refractivity contribution in [2.75, 3.05) is 6.54 Å². The van der Waals surface area contributed by atoms with Crippen LogP contribution in [0, 0.1) is 6.92 Å². The van der Waals surface area contributed by atoms with Gasteiger partial charge >= 0.3 is 5.97 Å². The largest absolute Gasteiger partial charge is 0.459 e. The van der Waals surface area contributed by atoms with Gasteiger partial charge in [0.2, 0.25) is 0 Å². The molecule has 110 valence electrons. The zero-order valence-corrected chi connectivity index (χ0v) is 13.0. The molecule has 1 saturated heterocycles. The number of rotatable bonds is 3. The van der Waals surface area contributed by atoms with Crippen LogP contribution in [0.1, 0.15) is 44.7 Å². The predicted molar refractivity (Wildman–Crippen MR) is 80.5 cm³/mol. The summed E-state index contributed by atoms with van der Waals surface area (Å²) in [5.41, 5.74) is 2.11. The summed E-state index contributed by atoms with van der Waals surface area (Å²) in [6.45, 7) is 9.64. The molecule has 0 spiro atoms. The van der Waals surface area contributed by atoms with Crippen molar-refractivity contribution in [2.24, 2.45) is 0 Å². The Kier molecular flexibility index (Phi) is 4.48. The van der Waals surface area contributed by atoms with Gasteiger partial charge in [-0.05, 0) is 52.6 Å². The third kappa shape index (κ3) is 4.07. The SMILES string of the molecule is Cc1ccc(CN2CCC[C@@H]2C(=O)OC(C)(C)C)cc1. The summed E-state index contributed by atoms with van der Waals surface area (Å²) in [6.07, 6.45) is 1.97. The van der Waals surface area contributed by atoms with Gasteiger partial charge in [-0.25, -0.2) is 0 Å². The van der Waals surface area contributed by atoms with Gasteiger partial charge in [-0.1, -0.05) is 29.8 Å². The number of esters is 1. The highest BCUT2D eigenvalue weighted by Crippen LogP contribution is 2.23. The quantitative estimate of drug-likeness (QED) is 0.793. The molecule has 1 aliphatic rings. The van der Waals surface area contributed by atoms with Crippen LogP contribution in [-0.2, 0) is 16.1 Å². The van der Waals surface area contributed by atoms with Crippen LogP contribution in [0.2, 0.25) is 0 Å². The number of aryl methyl sites for hydroxylation is 1. The van der Waals surface area contributed by atoms with Crippen LogP contribution in [-0.4, -0.2) is 29.1 Å². The molecule has 0 saturated carbocycles. The molecule has 20 heavy (non-hydrogen) atoms. The Labute approximate surface area is 121 Å². The summed E-state index contributed by atoms with van der Waals surface area (Å²) in [7, 11) is 0. The third-order valence-corrected chi connectivity index (χ3v) is 3.55. The fourth-order valence-electron chi connectivity index (χ4n) is 2.58. The molecule has 3 heteroatoms. The first-order valence-corrected chi connectivity index (χ1v) is 7.37. The second-order valence-corrected chi connectivity index (χ2v) is 6.65. The number of nitrogens with zero attached hydrogens (tertiary/aromatic N) is 1. The van der Waals surface area contributed by atoms with Gasteiger partial charge in [-0.2, -0.15) is 0 Å². The minimum Gasteiger partial charge on any atom is -0.459 e. The van der Waals surface area contributed by atoms with Crippen LogP contribution < -0.4 is 0 Å². The Bertz CT molecular complexity index is 459. The van der Waals surface area contributed by atoms with Crippen molar-refractivity contribution < 1.29 is 9.53 Å². The zero-order chi connectivity index (χ0) is 14.8. The molecule has 1 aromatic carbocycles. The van der Waals surface area contributed by atoms with E-state index < -0.39 is 5.60 Å². The third-order valence-electron chi connectivity index (χ3n) is 3.55. The molecule has 0 radical (unpaired) electrons. The Morgan fingerprint density at radius 2 is 1.95 bits per heavy atom. The second-order valence-electron chi connectivity index (χ2n) is 6.65. The Balaban J connectivity index is 2.00. The van der Waals surface area contributed by atoms with E-state index in [2.05, 4.69) is 36.1 Å². The summed E-state index contributed by atoms with van der Waals surface area (Å²) < 4.78 is 5.53. The number of benzene rings is 1. The van der Waals surface area contributed by atoms with E-state index in [-0.39, 0.29) is 12.0 Å². The molecule has 1 aliphatic heterocycles. The lowest BCUT2D eigenvalue weighted by Gasteiger charge is -2.27. The summed E-state index contributed by atoms with van der Waals surface area (Å²) in [5, 5.41) is 0. The first-order valence-electron chi connectivity index (χ1n) is 7.37. The highest BCUT2D eigenvalue weighted by Gasteiger charge is 2.33. The van der Waals surface area contributed by atoms with Gasteiger partial charge in [0.1, 0.15) is 11.6 Å². The molecule has 0 aliphatic carbocycles. The number of hydrogen-bond acceptors (Lipinski definition) is 3. The van der Waals surface area contributed by atoms with Gasteiger partial charge in [0, 0.05) is 6.54 Å². The Morgan fingerprint density at radius 3 is 2.55 bits per heavy atom. The summed E-state index contributed by atoms with van der Waals surface area (Å²) >= 11 is 0. The first-order chi connectivity index (χ1) is 9.35. The number of ether oxygens (including phenoxy) is 1. The van der Waals surface area contributed by atoms with Crippen LogP contribution >= 0.6 is 0 Å². The molecule has 1 heterocycles. The van der Waals surface area contributed by atoms with Gasteiger partial charge in [0.15, 0.2) is 0 Å². The van der Waals surface area contributed by atoms with Crippen molar-refractivity contribution in [1.82, 2.24) is 4.90 Å². The number of likely N-dealkylation sites (tertiary alicyclic amines) is 1. The van der Waals surface area contributed by atoms with E-state index in [0.29, 0.717) is 0 Å². The van der Waals surface area contributed by atoms with E-state index in [0.717, 1.165) is 25.9 Å². The highest BCUT2D eigenvalue weighted by molar-refractivity contribution is 5.76. The Hall–Kier alpha value is -1.35. The minimum atomic E-state index is -0.408. The van der Waals surface area contributed by atoms with Crippen LogP contribution in [0.25, 0.3) is 0 Å². The summed E-state index contributed by atoms with van der Waals surface area (Å²) in [6, 6.07) is 8.43. The van der Waals surface area contributed by atoms with Crippen LogP contribution in [0.4, 0.5) is 0 Å². The van der Waals surface area contributed by atoms with Crippen LogP contribution in [0.15, 0.2) is 24.3 Å². The maximum Gasteiger partial charge on any atom is 0.323 e. The molecule has 1 aromatic rings. The van der Waals surface area contributed by atoms with E-state index in [4.69, 9.17) is 4.74 Å². The molecule has 0 N–H and O–H groups in total. The number of hydrogen-bond donors (Lipinski definition) is 0. The standard InChI is InChI=1S/C17H25NO2/c1-13-7-9-14(10-8-13)12-18-11-5-6-15(18)16(19)20-17(2,3)4/h7-10,15H,5-6,11-12H2,1-4H3/t15-/m1/s1. The van der Waals surface area contributed by atoms with Crippen molar-refractivity contribution in [3.63, 3.8) is 0 Å². The molecule has 1 fully saturated rings. The predicted octanol–water partition coefficient (Wildman–Crippen LogP) is 3.30. The van der Waals surface area contributed by atoms with Gasteiger partial charge < -0.3 is 4.74 Å². The lowest BCUT2D eigenvalue weighted by molar-refractivity contribution is -0.160. The minimum absolute atomic E-state index is 0.0814. The smallest absolute Gasteiger partial charge is 0.323 e. The average molecular weight is 275 g/mol. The molecular weight excluding hydrogens is 250 g/mol. The van der Waals surface area contributed by atoms with E-state index in [9.17, 15) is 4.79 Å². The molecule has 0 amide bonds. The van der Waals surface area contributed by atoms with Gasteiger partial charge in [0.05, 0.1) is 0 Å². The number of carbonyl (C=O) groups excluding carboxylic acids is 1. The van der Waals surface area contributed by atoms with Gasteiger partial charge in [-0.3, -0.25) is 9.69 Å². The highest BCUT2D eigenvalue weighted by atomic mass is 16.6. The average Bonchev–Trinajstić information content (AvgIpc) is 2.78. The van der Waals surface area contributed by atoms with Crippen molar-refractivity contribution in [1.29, 1.82) is 0 Å².